The van der Waals surface area contributed by atoms with Gasteiger partial charge in [-0.3, -0.25) is 10.2 Å². The lowest BCUT2D eigenvalue weighted by atomic mass is 10.0. The summed E-state index contributed by atoms with van der Waals surface area (Å²) in [5.74, 6) is 0.168. The fraction of sp³-hybridized carbons (Fsp3) is 0.429. The van der Waals surface area contributed by atoms with Gasteiger partial charge in [0.1, 0.15) is 11.6 Å². The molecule has 0 unspecified atom stereocenters. The molecular weight excluding hydrogens is 389 g/mol. The predicted molar refractivity (Wildman–Crippen MR) is 111 cm³/mol. The van der Waals surface area contributed by atoms with Gasteiger partial charge in [-0.05, 0) is 37.5 Å². The highest BCUT2D eigenvalue weighted by molar-refractivity contribution is 5.88. The maximum absolute atomic E-state index is 13.9. The summed E-state index contributed by atoms with van der Waals surface area (Å²) in [6, 6.07) is 7.51. The second-order valence-corrected chi connectivity index (χ2v) is 7.75. The molecule has 2 saturated heterocycles. The molecule has 1 aromatic carbocycles. The van der Waals surface area contributed by atoms with Gasteiger partial charge < -0.3 is 20.5 Å². The van der Waals surface area contributed by atoms with E-state index in [9.17, 15) is 14.3 Å². The minimum Gasteiger partial charge on any atom is -0.454 e. The van der Waals surface area contributed by atoms with E-state index in [4.69, 9.17) is 10.5 Å². The topological polar surface area (TPSA) is 104 Å². The van der Waals surface area contributed by atoms with Gasteiger partial charge in [-0.2, -0.15) is 0 Å². The standard InChI is InChI=1S/C21H26FN5O3/c22-18-11-14(23)1-2-19(18)30-17-3-7-24-20(12-17)25-21(29)26-8-4-15(5-9-26)27-10-6-16(28)13-27/h1-3,7,11-12,15-16,28H,4-6,8-10,13,23H2,(H,24,25,29)/t16-/m1/s1. The van der Waals surface area contributed by atoms with E-state index in [1.54, 1.807) is 23.1 Å². The SMILES string of the molecule is Nc1ccc(Oc2ccnc(NC(=O)N3CCC(N4CC[C@@H](O)C4)CC3)c2)c(F)c1. The van der Waals surface area contributed by atoms with Crippen molar-refractivity contribution in [2.24, 2.45) is 0 Å². The number of ether oxygens (including phenoxy) is 1. The van der Waals surface area contributed by atoms with Crippen molar-refractivity contribution in [2.75, 3.05) is 37.2 Å². The second-order valence-electron chi connectivity index (χ2n) is 7.75. The molecule has 9 heteroatoms. The number of aromatic nitrogens is 1. The Labute approximate surface area is 174 Å². The Kier molecular flexibility index (Phi) is 6.01. The Balaban J connectivity index is 1.32. The number of amides is 2. The molecule has 1 atom stereocenters. The average molecular weight is 415 g/mol. The first kappa shape index (κ1) is 20.4. The molecule has 160 valence electrons. The number of anilines is 2. The van der Waals surface area contributed by atoms with Gasteiger partial charge in [0, 0.05) is 56.2 Å². The van der Waals surface area contributed by atoms with Crippen LogP contribution in [0.5, 0.6) is 11.5 Å². The molecule has 3 heterocycles. The number of rotatable bonds is 4. The molecule has 2 aliphatic heterocycles. The van der Waals surface area contributed by atoms with Crippen LogP contribution in [0.3, 0.4) is 0 Å². The molecule has 0 saturated carbocycles. The minimum atomic E-state index is -0.564. The lowest BCUT2D eigenvalue weighted by Crippen LogP contribution is -2.47. The van der Waals surface area contributed by atoms with E-state index in [2.05, 4.69) is 15.2 Å². The normalized spacial score (nSPS) is 20.3. The van der Waals surface area contributed by atoms with Crippen LogP contribution in [0.4, 0.5) is 20.7 Å². The van der Waals surface area contributed by atoms with Gasteiger partial charge in [-0.1, -0.05) is 0 Å². The van der Waals surface area contributed by atoms with Crippen LogP contribution in [0.1, 0.15) is 19.3 Å². The number of piperidine rings is 1. The molecule has 8 nitrogen and oxygen atoms in total. The van der Waals surface area contributed by atoms with Gasteiger partial charge in [0.15, 0.2) is 11.6 Å². The zero-order valence-corrected chi connectivity index (χ0v) is 16.6. The predicted octanol–water partition coefficient (Wildman–Crippen LogP) is 2.66. The smallest absolute Gasteiger partial charge is 0.323 e. The van der Waals surface area contributed by atoms with Crippen molar-refractivity contribution in [3.8, 4) is 11.5 Å². The minimum absolute atomic E-state index is 0.0433. The van der Waals surface area contributed by atoms with Crippen LogP contribution in [-0.2, 0) is 0 Å². The molecule has 2 amide bonds. The largest absolute Gasteiger partial charge is 0.454 e. The summed E-state index contributed by atoms with van der Waals surface area (Å²) in [4.78, 5) is 20.8. The van der Waals surface area contributed by atoms with Crippen LogP contribution in [-0.4, -0.2) is 64.2 Å². The molecule has 30 heavy (non-hydrogen) atoms. The van der Waals surface area contributed by atoms with E-state index in [1.165, 1.54) is 18.3 Å². The summed E-state index contributed by atoms with van der Waals surface area (Å²) in [6.45, 7) is 2.94. The maximum atomic E-state index is 13.9. The first-order valence-electron chi connectivity index (χ1n) is 10.1. The average Bonchev–Trinajstić information content (AvgIpc) is 3.17. The Morgan fingerprint density at radius 3 is 2.70 bits per heavy atom. The molecule has 4 N–H and O–H groups in total. The van der Waals surface area contributed by atoms with Crippen molar-refractivity contribution >= 4 is 17.5 Å². The van der Waals surface area contributed by atoms with E-state index < -0.39 is 5.82 Å². The van der Waals surface area contributed by atoms with Crippen molar-refractivity contribution in [1.82, 2.24) is 14.8 Å². The number of nitrogen functional groups attached to an aromatic ring is 1. The highest BCUT2D eigenvalue weighted by atomic mass is 19.1. The number of likely N-dealkylation sites (tertiary alicyclic amines) is 2. The Morgan fingerprint density at radius 1 is 1.20 bits per heavy atom. The lowest BCUT2D eigenvalue weighted by Gasteiger charge is -2.36. The van der Waals surface area contributed by atoms with Crippen LogP contribution < -0.4 is 15.8 Å². The van der Waals surface area contributed by atoms with Gasteiger partial charge >= 0.3 is 6.03 Å². The van der Waals surface area contributed by atoms with Gasteiger partial charge in [-0.25, -0.2) is 14.2 Å². The van der Waals surface area contributed by atoms with Crippen LogP contribution in [0.2, 0.25) is 0 Å². The van der Waals surface area contributed by atoms with Crippen molar-refractivity contribution in [3.05, 3.63) is 42.3 Å². The molecule has 2 aliphatic rings. The number of nitrogens with two attached hydrogens (primary N) is 1. The third-order valence-corrected chi connectivity index (χ3v) is 5.61. The Hall–Kier alpha value is -2.91. The van der Waals surface area contributed by atoms with E-state index in [-0.39, 0.29) is 17.9 Å². The fourth-order valence-electron chi connectivity index (χ4n) is 3.99. The molecule has 0 bridgehead atoms. The quantitative estimate of drug-likeness (QED) is 0.664. The van der Waals surface area contributed by atoms with Gasteiger partial charge in [0.2, 0.25) is 0 Å². The summed E-state index contributed by atoms with van der Waals surface area (Å²) in [6.07, 6.45) is 3.85. The number of urea groups is 1. The van der Waals surface area contributed by atoms with Crippen molar-refractivity contribution in [3.63, 3.8) is 0 Å². The number of aliphatic hydroxyl groups is 1. The monoisotopic (exact) mass is 415 g/mol. The number of pyridine rings is 1. The van der Waals surface area contributed by atoms with Crippen LogP contribution >= 0.6 is 0 Å². The molecule has 0 spiro atoms. The third-order valence-electron chi connectivity index (χ3n) is 5.61. The number of nitrogens with zero attached hydrogens (tertiary/aromatic N) is 3. The number of nitrogens with one attached hydrogen (secondary N) is 1. The zero-order valence-electron chi connectivity index (χ0n) is 16.6. The first-order valence-corrected chi connectivity index (χ1v) is 10.1. The molecule has 1 aromatic heterocycles. The number of carbonyl (C=O) groups excluding carboxylic acids is 1. The number of β-amino-alcohol motifs (C(OH)–C–C–N with tert-alkyl or cyclic N) is 1. The highest BCUT2D eigenvalue weighted by Gasteiger charge is 2.31. The van der Waals surface area contributed by atoms with Crippen molar-refractivity contribution in [2.45, 2.75) is 31.4 Å². The van der Waals surface area contributed by atoms with Gasteiger partial charge in [0.25, 0.3) is 0 Å². The lowest BCUT2D eigenvalue weighted by molar-refractivity contribution is 0.119. The Morgan fingerprint density at radius 2 is 2.00 bits per heavy atom. The van der Waals surface area contributed by atoms with Gasteiger partial charge in [0.05, 0.1) is 6.10 Å². The van der Waals surface area contributed by atoms with Crippen molar-refractivity contribution in [1.29, 1.82) is 0 Å². The van der Waals surface area contributed by atoms with E-state index in [1.807, 2.05) is 0 Å². The van der Waals surface area contributed by atoms with Crippen LogP contribution in [0.15, 0.2) is 36.5 Å². The van der Waals surface area contributed by atoms with E-state index in [0.717, 1.165) is 32.4 Å². The Bertz CT molecular complexity index is 904. The molecule has 2 fully saturated rings. The van der Waals surface area contributed by atoms with Gasteiger partial charge in [-0.15, -0.1) is 0 Å². The number of hydrogen-bond acceptors (Lipinski definition) is 6. The third kappa shape index (κ3) is 4.80. The first-order chi connectivity index (χ1) is 14.5. The summed E-state index contributed by atoms with van der Waals surface area (Å²) >= 11 is 0. The molecule has 0 aliphatic carbocycles. The number of hydrogen-bond donors (Lipinski definition) is 3. The summed E-state index contributed by atoms with van der Waals surface area (Å²) in [7, 11) is 0. The molecule has 0 radical (unpaired) electrons. The maximum Gasteiger partial charge on any atom is 0.323 e. The van der Waals surface area contributed by atoms with E-state index in [0.29, 0.717) is 36.4 Å². The van der Waals surface area contributed by atoms with Crippen molar-refractivity contribution < 1.29 is 19.0 Å². The number of carbonyl (C=O) groups is 1. The van der Waals surface area contributed by atoms with Crippen LogP contribution in [0.25, 0.3) is 0 Å². The fourth-order valence-corrected chi connectivity index (χ4v) is 3.99. The summed E-state index contributed by atoms with van der Waals surface area (Å²) < 4.78 is 19.5. The second kappa shape index (κ2) is 8.85. The molecular formula is C21H26FN5O3. The molecule has 4 rings (SSSR count). The summed E-state index contributed by atoms with van der Waals surface area (Å²) in [5, 5.41) is 12.5. The molecule has 2 aromatic rings. The summed E-state index contributed by atoms with van der Waals surface area (Å²) in [5.41, 5.74) is 5.86. The zero-order chi connectivity index (χ0) is 21.1. The van der Waals surface area contributed by atoms with Crippen LogP contribution in [0, 0.1) is 5.82 Å². The number of halogens is 1. The highest BCUT2D eigenvalue weighted by Crippen LogP contribution is 2.27. The number of aliphatic hydroxyl groups excluding tert-OH is 1. The van der Waals surface area contributed by atoms with E-state index >= 15 is 0 Å². The number of benzene rings is 1.